The van der Waals surface area contributed by atoms with Crippen LogP contribution >= 0.6 is 0 Å². The Labute approximate surface area is 189 Å². The van der Waals surface area contributed by atoms with E-state index in [0.717, 1.165) is 55.2 Å². The van der Waals surface area contributed by atoms with E-state index >= 15 is 0 Å². The average Bonchev–Trinajstić information content (AvgIpc) is 3.31. The van der Waals surface area contributed by atoms with Crippen molar-refractivity contribution in [2.45, 2.75) is 46.1 Å². The standard InChI is InChI=1S/C27H30N4O/c1-3-5-10-21(20-11-7-6-8-12-20)18-25-30-31-27(32-25)24-15-14-22(19-28-16-4-2)26-23(24)13-9-17-29-26/h6-9,11-15,17-18,28H,3-5,10,16,19H2,1-2H3/b21-18+. The lowest BCUT2D eigenvalue weighted by atomic mass is 10.00. The van der Waals surface area contributed by atoms with Crippen molar-refractivity contribution in [1.29, 1.82) is 0 Å². The van der Waals surface area contributed by atoms with Crippen LogP contribution in [-0.2, 0) is 6.54 Å². The van der Waals surface area contributed by atoms with Crippen LogP contribution in [-0.4, -0.2) is 21.7 Å². The van der Waals surface area contributed by atoms with Crippen LogP contribution in [0.15, 0.2) is 65.2 Å². The maximum Gasteiger partial charge on any atom is 0.248 e. The second-order valence-electron chi connectivity index (χ2n) is 7.93. The molecule has 5 nitrogen and oxygen atoms in total. The number of nitrogens with zero attached hydrogens (tertiary/aromatic N) is 3. The first kappa shape index (κ1) is 21.9. The molecule has 0 aliphatic rings. The van der Waals surface area contributed by atoms with Crippen molar-refractivity contribution >= 4 is 22.6 Å². The summed E-state index contributed by atoms with van der Waals surface area (Å²) in [4.78, 5) is 4.63. The number of aromatic nitrogens is 3. The van der Waals surface area contributed by atoms with Crippen molar-refractivity contribution in [2.75, 3.05) is 6.54 Å². The molecule has 0 atom stereocenters. The van der Waals surface area contributed by atoms with E-state index in [2.05, 4.69) is 76.8 Å². The molecule has 0 unspecified atom stereocenters. The van der Waals surface area contributed by atoms with Gasteiger partial charge in [-0.25, -0.2) is 0 Å². The molecule has 5 heteroatoms. The third kappa shape index (κ3) is 5.11. The quantitative estimate of drug-likeness (QED) is 0.293. The van der Waals surface area contributed by atoms with Crippen LogP contribution < -0.4 is 5.32 Å². The Kier molecular flexibility index (Phi) is 7.41. The van der Waals surface area contributed by atoms with Crippen LogP contribution in [0.4, 0.5) is 0 Å². The van der Waals surface area contributed by atoms with Crippen LogP contribution in [0, 0.1) is 0 Å². The molecule has 0 saturated heterocycles. The van der Waals surface area contributed by atoms with Crippen molar-refractivity contribution in [3.8, 4) is 11.5 Å². The molecule has 0 spiro atoms. The van der Waals surface area contributed by atoms with Crippen molar-refractivity contribution in [1.82, 2.24) is 20.5 Å². The molecule has 0 bridgehead atoms. The number of nitrogens with one attached hydrogen (secondary N) is 1. The number of unbranched alkanes of at least 4 members (excludes halogenated alkanes) is 1. The van der Waals surface area contributed by atoms with Crippen LogP contribution in [0.5, 0.6) is 0 Å². The first-order valence-electron chi connectivity index (χ1n) is 11.5. The predicted octanol–water partition coefficient (Wildman–Crippen LogP) is 6.52. The Balaban J connectivity index is 1.67. The summed E-state index contributed by atoms with van der Waals surface area (Å²) in [7, 11) is 0. The van der Waals surface area contributed by atoms with Gasteiger partial charge in [-0.2, -0.15) is 0 Å². The molecule has 0 radical (unpaired) electrons. The molecule has 0 amide bonds. The monoisotopic (exact) mass is 426 g/mol. The van der Waals surface area contributed by atoms with Gasteiger partial charge >= 0.3 is 0 Å². The number of benzene rings is 2. The van der Waals surface area contributed by atoms with Crippen molar-refractivity contribution in [3.63, 3.8) is 0 Å². The maximum absolute atomic E-state index is 6.11. The summed E-state index contributed by atoms with van der Waals surface area (Å²) in [5.41, 5.74) is 5.46. The number of hydrogen-bond donors (Lipinski definition) is 1. The van der Waals surface area contributed by atoms with E-state index in [-0.39, 0.29) is 0 Å². The van der Waals surface area contributed by atoms with E-state index in [1.54, 1.807) is 0 Å². The van der Waals surface area contributed by atoms with E-state index < -0.39 is 0 Å². The van der Waals surface area contributed by atoms with Gasteiger partial charge in [-0.3, -0.25) is 4.98 Å². The minimum Gasteiger partial charge on any atom is -0.417 e. The summed E-state index contributed by atoms with van der Waals surface area (Å²) in [5.74, 6) is 1.05. The molecule has 2 heterocycles. The lowest BCUT2D eigenvalue weighted by molar-refractivity contribution is 0.558. The molecule has 2 aromatic carbocycles. The maximum atomic E-state index is 6.11. The highest BCUT2D eigenvalue weighted by atomic mass is 16.4. The van der Waals surface area contributed by atoms with Gasteiger partial charge < -0.3 is 9.73 Å². The summed E-state index contributed by atoms with van der Waals surface area (Å²) in [6.07, 6.45) is 8.18. The molecule has 164 valence electrons. The number of pyridine rings is 1. The Morgan fingerprint density at radius 1 is 0.969 bits per heavy atom. The average molecular weight is 427 g/mol. The van der Waals surface area contributed by atoms with E-state index in [1.165, 1.54) is 16.7 Å². The lowest BCUT2D eigenvalue weighted by Gasteiger charge is -2.09. The van der Waals surface area contributed by atoms with Crippen LogP contribution in [0.25, 0.3) is 34.0 Å². The largest absolute Gasteiger partial charge is 0.417 e. The highest BCUT2D eigenvalue weighted by molar-refractivity contribution is 5.94. The lowest BCUT2D eigenvalue weighted by Crippen LogP contribution is -2.14. The third-order valence-electron chi connectivity index (χ3n) is 5.51. The van der Waals surface area contributed by atoms with Gasteiger partial charge in [0, 0.05) is 29.8 Å². The van der Waals surface area contributed by atoms with E-state index in [1.807, 2.05) is 24.4 Å². The molecule has 0 fully saturated rings. The Hall–Kier alpha value is -3.31. The zero-order valence-corrected chi connectivity index (χ0v) is 18.8. The van der Waals surface area contributed by atoms with E-state index in [4.69, 9.17) is 4.42 Å². The normalized spacial score (nSPS) is 11.9. The molecule has 0 saturated carbocycles. The minimum absolute atomic E-state index is 0.519. The molecule has 0 aliphatic carbocycles. The van der Waals surface area contributed by atoms with Gasteiger partial charge in [-0.1, -0.05) is 62.7 Å². The molecular weight excluding hydrogens is 396 g/mol. The third-order valence-corrected chi connectivity index (χ3v) is 5.51. The Morgan fingerprint density at radius 2 is 1.84 bits per heavy atom. The van der Waals surface area contributed by atoms with Gasteiger partial charge in [0.1, 0.15) is 0 Å². The number of allylic oxidation sites excluding steroid dienone is 1. The van der Waals surface area contributed by atoms with Crippen LogP contribution in [0.2, 0.25) is 0 Å². The van der Waals surface area contributed by atoms with Crippen LogP contribution in [0.3, 0.4) is 0 Å². The van der Waals surface area contributed by atoms with Gasteiger partial charge in [0.2, 0.25) is 11.8 Å². The summed E-state index contributed by atoms with van der Waals surface area (Å²) in [5, 5.41) is 13.2. The molecule has 0 aliphatic heterocycles. The highest BCUT2D eigenvalue weighted by Gasteiger charge is 2.14. The Bertz CT molecular complexity index is 1180. The minimum atomic E-state index is 0.519. The van der Waals surface area contributed by atoms with Crippen molar-refractivity contribution in [3.05, 3.63) is 77.8 Å². The van der Waals surface area contributed by atoms with Gasteiger partial charge in [0.15, 0.2) is 0 Å². The molecule has 2 aromatic heterocycles. The van der Waals surface area contributed by atoms with Gasteiger partial charge in [0.05, 0.1) is 5.52 Å². The number of fused-ring (bicyclic) bond motifs is 1. The van der Waals surface area contributed by atoms with E-state index in [9.17, 15) is 0 Å². The fourth-order valence-corrected chi connectivity index (χ4v) is 3.83. The second-order valence-corrected chi connectivity index (χ2v) is 7.93. The summed E-state index contributed by atoms with van der Waals surface area (Å²) < 4.78 is 6.11. The van der Waals surface area contributed by atoms with E-state index in [0.29, 0.717) is 11.8 Å². The summed E-state index contributed by atoms with van der Waals surface area (Å²) in [6.45, 7) is 6.14. The fraction of sp³-hybridized carbons (Fsp3) is 0.296. The number of rotatable bonds is 10. The highest BCUT2D eigenvalue weighted by Crippen LogP contribution is 2.30. The van der Waals surface area contributed by atoms with Crippen molar-refractivity contribution in [2.24, 2.45) is 0 Å². The molecule has 1 N–H and O–H groups in total. The van der Waals surface area contributed by atoms with Gasteiger partial charge in [-0.05, 0) is 54.6 Å². The molecule has 32 heavy (non-hydrogen) atoms. The number of hydrogen-bond acceptors (Lipinski definition) is 5. The predicted molar refractivity (Wildman–Crippen MR) is 131 cm³/mol. The van der Waals surface area contributed by atoms with Gasteiger partial charge in [-0.15, -0.1) is 10.2 Å². The smallest absolute Gasteiger partial charge is 0.248 e. The topological polar surface area (TPSA) is 63.8 Å². The van der Waals surface area contributed by atoms with Gasteiger partial charge in [0.25, 0.3) is 0 Å². The zero-order valence-electron chi connectivity index (χ0n) is 18.8. The van der Waals surface area contributed by atoms with Crippen molar-refractivity contribution < 1.29 is 4.42 Å². The molecule has 4 rings (SSSR count). The first-order chi connectivity index (χ1) is 15.8. The molecule has 4 aromatic rings. The zero-order chi connectivity index (χ0) is 22.2. The SMILES string of the molecule is CCCC/C(=C\c1nnc(-c2ccc(CNCCC)c3ncccc23)o1)c1ccccc1. The fourth-order valence-electron chi connectivity index (χ4n) is 3.83. The van der Waals surface area contributed by atoms with Crippen LogP contribution in [0.1, 0.15) is 56.5 Å². The molecular formula is C27H30N4O. The Morgan fingerprint density at radius 3 is 2.66 bits per heavy atom. The second kappa shape index (κ2) is 10.8. The summed E-state index contributed by atoms with van der Waals surface area (Å²) >= 11 is 0. The summed E-state index contributed by atoms with van der Waals surface area (Å²) in [6, 6.07) is 18.6. The first-order valence-corrected chi connectivity index (χ1v) is 11.5.